The number of nitrogens with zero attached hydrogens (tertiary/aromatic N) is 1. The van der Waals surface area contributed by atoms with Gasteiger partial charge in [0.05, 0.1) is 18.3 Å². The Labute approximate surface area is 217 Å². The van der Waals surface area contributed by atoms with Crippen LogP contribution in [0.1, 0.15) is 49.9 Å². The highest BCUT2D eigenvalue weighted by Gasteiger charge is 2.29. The fourth-order valence-corrected chi connectivity index (χ4v) is 5.15. The Morgan fingerprint density at radius 3 is 2.65 bits per heavy atom. The van der Waals surface area contributed by atoms with Gasteiger partial charge in [0, 0.05) is 37.8 Å². The summed E-state index contributed by atoms with van der Waals surface area (Å²) in [7, 11) is 0. The maximum atomic E-state index is 13.3. The van der Waals surface area contributed by atoms with E-state index in [0.717, 1.165) is 11.1 Å². The van der Waals surface area contributed by atoms with E-state index in [0.29, 0.717) is 56.0 Å². The van der Waals surface area contributed by atoms with E-state index in [9.17, 15) is 14.7 Å². The molecule has 2 aliphatic heterocycles. The molecule has 192 valence electrons. The van der Waals surface area contributed by atoms with Gasteiger partial charge in [-0.1, -0.05) is 54.6 Å². The Morgan fingerprint density at radius 1 is 1.11 bits per heavy atom. The van der Waals surface area contributed by atoms with Crippen molar-refractivity contribution in [3.63, 3.8) is 0 Å². The van der Waals surface area contributed by atoms with Gasteiger partial charge in [0.25, 0.3) is 11.8 Å². The number of hydrogen-bond donors (Lipinski definition) is 3. The van der Waals surface area contributed by atoms with E-state index in [1.54, 1.807) is 12.1 Å². The summed E-state index contributed by atoms with van der Waals surface area (Å²) in [5.74, 6) is 0.00522. The Morgan fingerprint density at radius 2 is 1.86 bits per heavy atom. The molecule has 0 fully saturated rings. The number of carbonyl (C=O) groups is 2. The molecular weight excluding hydrogens is 466 g/mol. The largest absolute Gasteiger partial charge is 0.493 e. The van der Waals surface area contributed by atoms with E-state index in [1.165, 1.54) is 11.1 Å². The SMILES string of the molecule is CCOc1cc2c(cc1C(=O)NCC(O)[C@@H]1Cc3ccccc3CN1)CCN(Cc1ccccc1)C2=O. The number of amides is 2. The molecule has 3 aromatic rings. The molecule has 2 heterocycles. The minimum Gasteiger partial charge on any atom is -0.493 e. The van der Waals surface area contributed by atoms with E-state index in [4.69, 9.17) is 4.74 Å². The smallest absolute Gasteiger partial charge is 0.255 e. The van der Waals surface area contributed by atoms with Crippen LogP contribution in [-0.4, -0.2) is 53.7 Å². The van der Waals surface area contributed by atoms with E-state index < -0.39 is 6.10 Å². The predicted octanol–water partition coefficient (Wildman–Crippen LogP) is 3.09. The van der Waals surface area contributed by atoms with Gasteiger partial charge < -0.3 is 25.4 Å². The van der Waals surface area contributed by atoms with Gasteiger partial charge in [-0.2, -0.15) is 0 Å². The van der Waals surface area contributed by atoms with E-state index in [-0.39, 0.29) is 24.4 Å². The average molecular weight is 500 g/mol. The summed E-state index contributed by atoms with van der Waals surface area (Å²) in [6.45, 7) is 4.16. The van der Waals surface area contributed by atoms with E-state index >= 15 is 0 Å². The lowest BCUT2D eigenvalue weighted by molar-refractivity contribution is 0.0725. The maximum absolute atomic E-state index is 13.3. The lowest BCUT2D eigenvalue weighted by Gasteiger charge is -2.30. The quantitative estimate of drug-likeness (QED) is 0.443. The zero-order valence-electron chi connectivity index (χ0n) is 21.1. The molecule has 37 heavy (non-hydrogen) atoms. The minimum absolute atomic E-state index is 0.0582. The topological polar surface area (TPSA) is 90.9 Å². The molecular formula is C30H33N3O4. The summed E-state index contributed by atoms with van der Waals surface area (Å²) in [6.07, 6.45) is 0.630. The highest BCUT2D eigenvalue weighted by Crippen LogP contribution is 2.29. The average Bonchev–Trinajstić information content (AvgIpc) is 2.93. The molecule has 2 atom stereocenters. The second kappa shape index (κ2) is 11.2. The number of carbonyl (C=O) groups excluding carboxylic acids is 2. The van der Waals surface area contributed by atoms with Crippen molar-refractivity contribution in [1.82, 2.24) is 15.5 Å². The number of rotatable bonds is 8. The van der Waals surface area contributed by atoms with Crippen LogP contribution in [0.2, 0.25) is 0 Å². The molecule has 0 radical (unpaired) electrons. The van der Waals surface area contributed by atoms with Crippen molar-refractivity contribution < 1.29 is 19.4 Å². The first-order valence-electron chi connectivity index (χ1n) is 12.9. The van der Waals surface area contributed by atoms with Gasteiger partial charge in [-0.15, -0.1) is 0 Å². The van der Waals surface area contributed by atoms with Crippen molar-refractivity contribution in [3.8, 4) is 5.75 Å². The van der Waals surface area contributed by atoms with Crippen LogP contribution in [0.15, 0.2) is 66.7 Å². The number of nitrogens with one attached hydrogen (secondary N) is 2. The number of aliphatic hydroxyl groups is 1. The molecule has 7 heteroatoms. The van der Waals surface area contributed by atoms with Crippen LogP contribution >= 0.6 is 0 Å². The zero-order chi connectivity index (χ0) is 25.8. The normalized spacial score (nSPS) is 17.5. The summed E-state index contributed by atoms with van der Waals surface area (Å²) >= 11 is 0. The van der Waals surface area contributed by atoms with Crippen LogP contribution in [0.5, 0.6) is 5.75 Å². The van der Waals surface area contributed by atoms with Crippen molar-refractivity contribution in [3.05, 3.63) is 100 Å². The van der Waals surface area contributed by atoms with Crippen molar-refractivity contribution in [2.45, 2.75) is 45.0 Å². The summed E-state index contributed by atoms with van der Waals surface area (Å²) in [6, 6.07) is 21.4. The molecule has 7 nitrogen and oxygen atoms in total. The van der Waals surface area contributed by atoms with E-state index in [1.807, 2.05) is 54.3 Å². The Bertz CT molecular complexity index is 1280. The minimum atomic E-state index is -0.737. The third-order valence-corrected chi connectivity index (χ3v) is 7.18. The molecule has 0 saturated heterocycles. The van der Waals surface area contributed by atoms with Crippen LogP contribution < -0.4 is 15.4 Å². The summed E-state index contributed by atoms with van der Waals surface area (Å²) in [4.78, 5) is 28.3. The first-order valence-corrected chi connectivity index (χ1v) is 12.9. The monoisotopic (exact) mass is 499 g/mol. The molecule has 5 rings (SSSR count). The molecule has 2 amide bonds. The van der Waals surface area contributed by atoms with Gasteiger partial charge in [-0.25, -0.2) is 0 Å². The van der Waals surface area contributed by atoms with Crippen molar-refractivity contribution in [2.24, 2.45) is 0 Å². The highest BCUT2D eigenvalue weighted by atomic mass is 16.5. The lowest BCUT2D eigenvalue weighted by atomic mass is 9.93. The summed E-state index contributed by atoms with van der Waals surface area (Å²) in [5.41, 5.74) is 5.34. The first-order chi connectivity index (χ1) is 18.0. The molecule has 3 N–H and O–H groups in total. The van der Waals surface area contributed by atoms with Gasteiger partial charge in [-0.05, 0) is 54.2 Å². The third kappa shape index (κ3) is 5.53. The lowest BCUT2D eigenvalue weighted by Crippen LogP contribution is -2.49. The predicted molar refractivity (Wildman–Crippen MR) is 142 cm³/mol. The second-order valence-electron chi connectivity index (χ2n) is 9.64. The highest BCUT2D eigenvalue weighted by molar-refractivity contribution is 6.02. The molecule has 0 aromatic heterocycles. The van der Waals surface area contributed by atoms with Gasteiger partial charge in [0.15, 0.2) is 0 Å². The molecule has 3 aromatic carbocycles. The second-order valence-corrected chi connectivity index (χ2v) is 9.64. The molecule has 0 saturated carbocycles. The Balaban J connectivity index is 1.27. The van der Waals surface area contributed by atoms with Crippen LogP contribution in [0, 0.1) is 0 Å². The molecule has 2 aliphatic rings. The molecule has 0 spiro atoms. The van der Waals surface area contributed by atoms with Gasteiger partial charge in [0.2, 0.25) is 0 Å². The zero-order valence-corrected chi connectivity index (χ0v) is 21.1. The fourth-order valence-electron chi connectivity index (χ4n) is 5.15. The Kier molecular flexibility index (Phi) is 7.53. The molecule has 0 aliphatic carbocycles. The summed E-state index contributed by atoms with van der Waals surface area (Å²) in [5, 5.41) is 17.0. The van der Waals surface area contributed by atoms with Crippen LogP contribution in [0.25, 0.3) is 0 Å². The number of fused-ring (bicyclic) bond motifs is 2. The van der Waals surface area contributed by atoms with Crippen molar-refractivity contribution in [2.75, 3.05) is 19.7 Å². The number of benzene rings is 3. The molecule has 0 bridgehead atoms. The fraction of sp³-hybridized carbons (Fsp3) is 0.333. The number of hydrogen-bond acceptors (Lipinski definition) is 5. The standard InChI is InChI=1S/C30H33N3O4/c1-2-37-28-16-24-22(12-13-33(30(24)36)19-20-8-4-3-5-9-20)14-25(28)29(35)32-18-27(34)26-15-21-10-6-7-11-23(21)17-31-26/h3-11,14,16,26-27,31,34H,2,12-13,15,17-19H2,1H3,(H,32,35)/t26-,27?/m0/s1. The van der Waals surface area contributed by atoms with Gasteiger partial charge in [0.1, 0.15) is 5.75 Å². The van der Waals surface area contributed by atoms with Crippen LogP contribution in [0.4, 0.5) is 0 Å². The van der Waals surface area contributed by atoms with Gasteiger partial charge >= 0.3 is 0 Å². The van der Waals surface area contributed by atoms with Crippen molar-refractivity contribution >= 4 is 11.8 Å². The third-order valence-electron chi connectivity index (χ3n) is 7.18. The molecule has 1 unspecified atom stereocenters. The number of ether oxygens (including phenoxy) is 1. The van der Waals surface area contributed by atoms with E-state index in [2.05, 4.69) is 22.8 Å². The van der Waals surface area contributed by atoms with Crippen molar-refractivity contribution in [1.29, 1.82) is 0 Å². The first kappa shape index (κ1) is 25.0. The van der Waals surface area contributed by atoms with Gasteiger partial charge in [-0.3, -0.25) is 9.59 Å². The van der Waals surface area contributed by atoms with Crippen LogP contribution in [-0.2, 0) is 25.9 Å². The maximum Gasteiger partial charge on any atom is 0.255 e. The van der Waals surface area contributed by atoms with Crippen LogP contribution in [0.3, 0.4) is 0 Å². The number of aliphatic hydroxyl groups excluding tert-OH is 1. The Hall–Kier alpha value is -3.68. The summed E-state index contributed by atoms with van der Waals surface area (Å²) < 4.78 is 5.78.